The largest absolute Gasteiger partial charge is 0.467 e. The predicted molar refractivity (Wildman–Crippen MR) is 89.9 cm³/mol. The van der Waals surface area contributed by atoms with Gasteiger partial charge in [0.15, 0.2) is 0 Å². The predicted octanol–water partition coefficient (Wildman–Crippen LogP) is 2.83. The number of furan rings is 1. The van der Waals surface area contributed by atoms with Gasteiger partial charge in [-0.3, -0.25) is 4.79 Å². The molecule has 0 radical (unpaired) electrons. The van der Waals surface area contributed by atoms with Crippen LogP contribution < -0.4 is 5.32 Å². The first-order valence-electron chi connectivity index (χ1n) is 7.95. The Kier molecular flexibility index (Phi) is 5.23. The summed E-state index contributed by atoms with van der Waals surface area (Å²) >= 11 is 6.37. The van der Waals surface area contributed by atoms with E-state index in [0.29, 0.717) is 36.8 Å². The second-order valence-corrected chi connectivity index (χ2v) is 6.31. The molecule has 1 atom stereocenters. The zero-order chi connectivity index (χ0) is 17.0. The number of aliphatic hydroxyl groups is 1. The maximum Gasteiger partial charge on any atom is 0.231 e. The van der Waals surface area contributed by atoms with Crippen molar-refractivity contribution in [3.05, 3.63) is 59.0 Å². The van der Waals surface area contributed by atoms with Crippen molar-refractivity contribution in [2.45, 2.75) is 24.3 Å². The third-order valence-electron chi connectivity index (χ3n) is 4.54. The van der Waals surface area contributed by atoms with E-state index in [-0.39, 0.29) is 12.5 Å². The highest BCUT2D eigenvalue weighted by molar-refractivity contribution is 6.31. The zero-order valence-corrected chi connectivity index (χ0v) is 14.0. The second-order valence-electron chi connectivity index (χ2n) is 5.90. The van der Waals surface area contributed by atoms with Gasteiger partial charge in [0.05, 0.1) is 18.3 Å². The van der Waals surface area contributed by atoms with Crippen molar-refractivity contribution in [3.8, 4) is 0 Å². The number of aliphatic hydroxyl groups excluding tert-OH is 1. The number of nitrogens with one attached hydrogen (secondary N) is 1. The molecule has 1 amide bonds. The number of hydrogen-bond donors (Lipinski definition) is 2. The van der Waals surface area contributed by atoms with Gasteiger partial charge in [0, 0.05) is 18.2 Å². The number of amides is 1. The molecule has 2 aromatic rings. The lowest BCUT2D eigenvalue weighted by Crippen LogP contribution is -2.49. The molecule has 2 N–H and O–H groups in total. The van der Waals surface area contributed by atoms with E-state index in [1.807, 2.05) is 18.2 Å². The third-order valence-corrected chi connectivity index (χ3v) is 4.87. The van der Waals surface area contributed by atoms with E-state index < -0.39 is 11.5 Å². The molecule has 2 heterocycles. The monoisotopic (exact) mass is 349 g/mol. The van der Waals surface area contributed by atoms with Gasteiger partial charge in [-0.05, 0) is 36.6 Å². The average molecular weight is 350 g/mol. The molecule has 24 heavy (non-hydrogen) atoms. The van der Waals surface area contributed by atoms with Crippen molar-refractivity contribution in [1.29, 1.82) is 0 Å². The highest BCUT2D eigenvalue weighted by Crippen LogP contribution is 2.39. The highest BCUT2D eigenvalue weighted by atomic mass is 35.5. The van der Waals surface area contributed by atoms with Crippen LogP contribution in [0.2, 0.25) is 5.02 Å². The van der Waals surface area contributed by atoms with Crippen LogP contribution in [0.25, 0.3) is 0 Å². The molecule has 0 bridgehead atoms. The summed E-state index contributed by atoms with van der Waals surface area (Å²) in [4.78, 5) is 13.2. The fourth-order valence-corrected chi connectivity index (χ4v) is 3.50. The minimum atomic E-state index is -0.767. The molecule has 1 aliphatic rings. The SMILES string of the molecule is O=C(NC(CO)c1ccco1)C1(c2ccccc2Cl)CCOCC1. The van der Waals surface area contributed by atoms with Gasteiger partial charge in [0.1, 0.15) is 11.8 Å². The van der Waals surface area contributed by atoms with Gasteiger partial charge in [-0.15, -0.1) is 0 Å². The first-order chi connectivity index (χ1) is 11.7. The van der Waals surface area contributed by atoms with Crippen LogP contribution in [0.3, 0.4) is 0 Å². The topological polar surface area (TPSA) is 71.7 Å². The average Bonchev–Trinajstić information content (AvgIpc) is 3.15. The number of carbonyl (C=O) groups excluding carboxylic acids is 1. The van der Waals surface area contributed by atoms with Gasteiger partial charge in [0.2, 0.25) is 5.91 Å². The van der Waals surface area contributed by atoms with Crippen molar-refractivity contribution in [2.75, 3.05) is 19.8 Å². The molecule has 1 aromatic heterocycles. The van der Waals surface area contributed by atoms with E-state index >= 15 is 0 Å². The fraction of sp³-hybridized carbons (Fsp3) is 0.389. The summed E-state index contributed by atoms with van der Waals surface area (Å²) in [5.74, 6) is 0.349. The van der Waals surface area contributed by atoms with Crippen molar-refractivity contribution in [2.24, 2.45) is 0 Å². The van der Waals surface area contributed by atoms with Gasteiger partial charge >= 0.3 is 0 Å². The Hall–Kier alpha value is -1.82. The molecule has 1 aromatic carbocycles. The summed E-state index contributed by atoms with van der Waals surface area (Å²) in [6.07, 6.45) is 2.60. The molecular weight excluding hydrogens is 330 g/mol. The molecule has 0 aliphatic carbocycles. The Labute approximate surface area is 145 Å². The maximum atomic E-state index is 13.2. The van der Waals surface area contributed by atoms with Crippen LogP contribution in [-0.2, 0) is 14.9 Å². The molecule has 1 unspecified atom stereocenters. The molecule has 0 saturated carbocycles. The van der Waals surface area contributed by atoms with Gasteiger partial charge in [-0.25, -0.2) is 0 Å². The molecule has 1 aliphatic heterocycles. The standard InChI is InChI=1S/C18H20ClNO4/c19-14-5-2-1-4-13(14)18(7-10-23-11-8-18)17(22)20-15(12-21)16-6-3-9-24-16/h1-6,9,15,21H,7-8,10-12H2,(H,20,22). The Morgan fingerprint density at radius 2 is 2.00 bits per heavy atom. The van der Waals surface area contributed by atoms with E-state index in [1.165, 1.54) is 6.26 Å². The molecule has 1 saturated heterocycles. The fourth-order valence-electron chi connectivity index (χ4n) is 3.18. The Morgan fingerprint density at radius 3 is 2.62 bits per heavy atom. The van der Waals surface area contributed by atoms with Crippen LogP contribution >= 0.6 is 11.6 Å². The summed E-state index contributed by atoms with van der Waals surface area (Å²) in [5, 5.41) is 13.1. The summed E-state index contributed by atoms with van der Waals surface area (Å²) < 4.78 is 10.8. The van der Waals surface area contributed by atoms with Gasteiger partial charge in [-0.2, -0.15) is 0 Å². The lowest BCUT2D eigenvalue weighted by molar-refractivity contribution is -0.131. The van der Waals surface area contributed by atoms with Crippen LogP contribution in [0.4, 0.5) is 0 Å². The van der Waals surface area contributed by atoms with Gasteiger partial charge < -0.3 is 19.6 Å². The van der Waals surface area contributed by atoms with Crippen LogP contribution in [0.1, 0.15) is 30.2 Å². The van der Waals surface area contributed by atoms with Crippen molar-refractivity contribution in [3.63, 3.8) is 0 Å². The molecule has 128 valence electrons. The summed E-state index contributed by atoms with van der Waals surface area (Å²) in [6, 6.07) is 10.3. The minimum Gasteiger partial charge on any atom is -0.467 e. The number of hydrogen-bond acceptors (Lipinski definition) is 4. The van der Waals surface area contributed by atoms with E-state index in [2.05, 4.69) is 5.32 Å². The van der Waals surface area contributed by atoms with Gasteiger partial charge in [-0.1, -0.05) is 29.8 Å². The third kappa shape index (κ3) is 3.20. The number of benzene rings is 1. The highest BCUT2D eigenvalue weighted by Gasteiger charge is 2.43. The molecule has 6 heteroatoms. The minimum absolute atomic E-state index is 0.172. The Morgan fingerprint density at radius 1 is 1.25 bits per heavy atom. The molecular formula is C18H20ClNO4. The summed E-state index contributed by atoms with van der Waals surface area (Å²) in [7, 11) is 0. The first-order valence-corrected chi connectivity index (χ1v) is 8.33. The zero-order valence-electron chi connectivity index (χ0n) is 13.2. The molecule has 1 fully saturated rings. The van der Waals surface area contributed by atoms with Crippen LogP contribution in [0.15, 0.2) is 47.1 Å². The van der Waals surface area contributed by atoms with Crippen LogP contribution in [0.5, 0.6) is 0 Å². The van der Waals surface area contributed by atoms with Crippen molar-refractivity contribution < 1.29 is 19.1 Å². The summed E-state index contributed by atoms with van der Waals surface area (Å²) in [6.45, 7) is 0.737. The summed E-state index contributed by atoms with van der Waals surface area (Å²) in [5.41, 5.74) is 0.0277. The van der Waals surface area contributed by atoms with E-state index in [1.54, 1.807) is 18.2 Å². The number of rotatable bonds is 5. The van der Waals surface area contributed by atoms with Crippen molar-refractivity contribution in [1.82, 2.24) is 5.32 Å². The van der Waals surface area contributed by atoms with Crippen LogP contribution in [0, 0.1) is 0 Å². The van der Waals surface area contributed by atoms with Crippen LogP contribution in [-0.4, -0.2) is 30.8 Å². The first kappa shape index (κ1) is 17.0. The smallest absolute Gasteiger partial charge is 0.231 e. The lowest BCUT2D eigenvalue weighted by Gasteiger charge is -2.37. The lowest BCUT2D eigenvalue weighted by atomic mass is 9.73. The van der Waals surface area contributed by atoms with E-state index in [9.17, 15) is 9.90 Å². The van der Waals surface area contributed by atoms with E-state index in [0.717, 1.165) is 5.56 Å². The number of halogens is 1. The second kappa shape index (κ2) is 7.38. The number of ether oxygens (including phenoxy) is 1. The number of carbonyl (C=O) groups is 1. The normalized spacial score (nSPS) is 18.1. The molecule has 0 spiro atoms. The molecule has 5 nitrogen and oxygen atoms in total. The quantitative estimate of drug-likeness (QED) is 0.870. The van der Waals surface area contributed by atoms with Gasteiger partial charge in [0.25, 0.3) is 0 Å². The Balaban J connectivity index is 1.91. The Bertz CT molecular complexity index is 680. The van der Waals surface area contributed by atoms with E-state index in [4.69, 9.17) is 20.8 Å². The van der Waals surface area contributed by atoms with Crippen molar-refractivity contribution >= 4 is 17.5 Å². The molecule has 3 rings (SSSR count). The maximum absolute atomic E-state index is 13.2.